The summed E-state index contributed by atoms with van der Waals surface area (Å²) in [6, 6.07) is 4.01. The highest BCUT2D eigenvalue weighted by Crippen LogP contribution is 2.72. The lowest BCUT2D eigenvalue weighted by Crippen LogP contribution is -2.79. The van der Waals surface area contributed by atoms with E-state index < -0.39 is 16.6 Å². The summed E-state index contributed by atoms with van der Waals surface area (Å²) in [7, 11) is 1.99. The van der Waals surface area contributed by atoms with E-state index in [1.807, 2.05) is 33.0 Å². The molecular weight excluding hydrogens is 442 g/mol. The van der Waals surface area contributed by atoms with E-state index in [-0.39, 0.29) is 28.7 Å². The third kappa shape index (κ3) is 2.16. The van der Waals surface area contributed by atoms with Gasteiger partial charge >= 0.3 is 0 Å². The Morgan fingerprint density at radius 3 is 2.69 bits per heavy atom. The van der Waals surface area contributed by atoms with Gasteiger partial charge in [-0.1, -0.05) is 26.8 Å². The summed E-state index contributed by atoms with van der Waals surface area (Å²) in [4.78, 5) is 32.6. The third-order valence-electron chi connectivity index (χ3n) is 11.0. The van der Waals surface area contributed by atoms with Gasteiger partial charge in [0.15, 0.2) is 11.5 Å². The molecule has 1 aromatic carbocycles. The number of nitrogens with zero attached hydrogens (tertiary/aromatic N) is 2. The zero-order valence-electron chi connectivity index (χ0n) is 21.5. The van der Waals surface area contributed by atoms with Crippen LogP contribution in [0.3, 0.4) is 0 Å². The fourth-order valence-electron chi connectivity index (χ4n) is 9.05. The van der Waals surface area contributed by atoms with Gasteiger partial charge in [0.2, 0.25) is 11.8 Å². The predicted octanol–water partition coefficient (Wildman–Crippen LogP) is 3.68. The monoisotopic (exact) mass is 477 g/mol. The van der Waals surface area contributed by atoms with E-state index in [1.165, 1.54) is 0 Å². The number of amides is 2. The van der Waals surface area contributed by atoms with Gasteiger partial charge in [0.25, 0.3) is 0 Å². The van der Waals surface area contributed by atoms with Crippen molar-refractivity contribution in [3.63, 3.8) is 0 Å². The first-order valence-electron chi connectivity index (χ1n) is 13.0. The maximum atomic E-state index is 14.1. The second kappa shape index (κ2) is 6.05. The van der Waals surface area contributed by atoms with Crippen molar-refractivity contribution in [1.29, 1.82) is 0 Å². The van der Waals surface area contributed by atoms with Crippen LogP contribution in [0.4, 0.5) is 5.69 Å². The lowest BCUT2D eigenvalue weighted by Gasteiger charge is -2.65. The van der Waals surface area contributed by atoms with Gasteiger partial charge < -0.3 is 19.7 Å². The number of carbonyl (C=O) groups excluding carboxylic acids is 2. The predicted molar refractivity (Wildman–Crippen MR) is 131 cm³/mol. The summed E-state index contributed by atoms with van der Waals surface area (Å²) in [5.41, 5.74) is -0.714. The van der Waals surface area contributed by atoms with Crippen molar-refractivity contribution in [3.8, 4) is 11.5 Å². The van der Waals surface area contributed by atoms with Crippen LogP contribution >= 0.6 is 0 Å². The van der Waals surface area contributed by atoms with E-state index in [0.717, 1.165) is 31.5 Å². The molecule has 35 heavy (non-hydrogen) atoms. The zero-order valence-corrected chi connectivity index (χ0v) is 21.5. The number of piperidine rings is 2. The first kappa shape index (κ1) is 21.7. The van der Waals surface area contributed by atoms with E-state index in [4.69, 9.17) is 9.47 Å². The van der Waals surface area contributed by atoms with E-state index in [1.54, 1.807) is 6.26 Å². The van der Waals surface area contributed by atoms with E-state index in [9.17, 15) is 9.59 Å². The van der Waals surface area contributed by atoms with Crippen molar-refractivity contribution in [2.45, 2.75) is 76.0 Å². The Balaban J connectivity index is 1.41. The smallest absolute Gasteiger partial charge is 0.243 e. The first-order valence-corrected chi connectivity index (χ1v) is 13.0. The quantitative estimate of drug-likeness (QED) is 0.617. The fraction of sp³-hybridized carbons (Fsp3) is 0.643. The Bertz CT molecular complexity index is 1240. The number of ether oxygens (including phenoxy) is 2. The number of likely N-dealkylation sites (N-methyl/N-ethyl adjacent to an activating group) is 1. The van der Waals surface area contributed by atoms with Crippen LogP contribution in [0.15, 0.2) is 24.5 Å². The van der Waals surface area contributed by atoms with Gasteiger partial charge in [-0.2, -0.15) is 0 Å². The average molecular weight is 478 g/mol. The highest BCUT2D eigenvalue weighted by molar-refractivity contribution is 6.09. The molecule has 2 bridgehead atoms. The van der Waals surface area contributed by atoms with Crippen LogP contribution in [-0.4, -0.2) is 58.4 Å². The second-order valence-electron chi connectivity index (χ2n) is 13.0. The molecule has 7 aliphatic rings. The number of benzene rings is 1. The van der Waals surface area contributed by atoms with E-state index in [2.05, 4.69) is 42.0 Å². The SMILES string of the molecule is CC1CCN2C[C@]34C[C@@]5(C(=O)Nc6c5ccc5c6OC=CC(C)(C)O5)C(C)(C)C3C[C@]12C(=O)N4C. The largest absolute Gasteiger partial charge is 0.480 e. The van der Waals surface area contributed by atoms with Crippen molar-refractivity contribution in [2.75, 3.05) is 25.5 Å². The van der Waals surface area contributed by atoms with Crippen LogP contribution in [0.2, 0.25) is 0 Å². The van der Waals surface area contributed by atoms with E-state index in [0.29, 0.717) is 29.5 Å². The summed E-state index contributed by atoms with van der Waals surface area (Å²) >= 11 is 0. The minimum Gasteiger partial charge on any atom is -0.480 e. The number of anilines is 1. The van der Waals surface area contributed by atoms with Gasteiger partial charge in [-0.15, -0.1) is 0 Å². The Kier molecular flexibility index (Phi) is 3.75. The van der Waals surface area contributed by atoms with E-state index >= 15 is 0 Å². The molecule has 5 fully saturated rings. The van der Waals surface area contributed by atoms with Crippen molar-refractivity contribution in [2.24, 2.45) is 17.3 Å². The molecule has 1 N–H and O–H groups in total. The number of hydrogen-bond donors (Lipinski definition) is 1. The summed E-state index contributed by atoms with van der Waals surface area (Å²) in [6.45, 7) is 12.5. The average Bonchev–Trinajstić information content (AvgIpc) is 3.29. The Morgan fingerprint density at radius 2 is 1.91 bits per heavy atom. The van der Waals surface area contributed by atoms with Crippen LogP contribution in [0, 0.1) is 17.3 Å². The van der Waals surface area contributed by atoms with Gasteiger partial charge in [0.05, 0.1) is 22.9 Å². The second-order valence-corrected chi connectivity index (χ2v) is 13.0. The molecule has 0 aromatic heterocycles. The molecule has 2 unspecified atom stereocenters. The molecule has 1 aromatic rings. The normalized spacial score (nSPS) is 41.6. The fourth-order valence-corrected chi connectivity index (χ4v) is 9.05. The van der Waals surface area contributed by atoms with Crippen molar-refractivity contribution < 1.29 is 19.1 Å². The number of piperazine rings is 1. The van der Waals surface area contributed by atoms with Gasteiger partial charge in [-0.25, -0.2) is 0 Å². The van der Waals surface area contributed by atoms with Crippen molar-refractivity contribution in [3.05, 3.63) is 30.0 Å². The van der Waals surface area contributed by atoms with Crippen molar-refractivity contribution >= 4 is 17.5 Å². The maximum absolute atomic E-state index is 14.1. The van der Waals surface area contributed by atoms with Gasteiger partial charge in [0, 0.05) is 13.6 Å². The molecule has 7 heteroatoms. The van der Waals surface area contributed by atoms with Crippen molar-refractivity contribution in [1.82, 2.24) is 9.80 Å². The zero-order chi connectivity index (χ0) is 24.8. The molecule has 4 saturated heterocycles. The van der Waals surface area contributed by atoms with Crippen LogP contribution in [0.25, 0.3) is 0 Å². The Hall–Kier alpha value is -2.54. The maximum Gasteiger partial charge on any atom is 0.243 e. The molecule has 7 nitrogen and oxygen atoms in total. The number of fused-ring (bicyclic) bond motifs is 5. The number of hydrogen-bond acceptors (Lipinski definition) is 5. The number of carbonyl (C=O) groups is 2. The minimum absolute atomic E-state index is 0.0146. The summed E-state index contributed by atoms with van der Waals surface area (Å²) < 4.78 is 12.3. The molecule has 8 rings (SSSR count). The summed E-state index contributed by atoms with van der Waals surface area (Å²) in [6.07, 6.45) is 6.05. The van der Waals surface area contributed by atoms with Gasteiger partial charge in [-0.3, -0.25) is 14.5 Å². The molecule has 1 aliphatic carbocycles. The molecule has 6 aliphatic heterocycles. The molecule has 1 saturated carbocycles. The molecule has 0 radical (unpaired) electrons. The van der Waals surface area contributed by atoms with Crippen LogP contribution in [0.1, 0.15) is 59.4 Å². The van der Waals surface area contributed by atoms with Crippen LogP contribution in [0.5, 0.6) is 11.5 Å². The Labute approximate surface area is 206 Å². The minimum atomic E-state index is -0.750. The summed E-state index contributed by atoms with van der Waals surface area (Å²) in [5, 5.41) is 3.22. The molecule has 5 atom stereocenters. The topological polar surface area (TPSA) is 71.1 Å². The van der Waals surface area contributed by atoms with Crippen LogP contribution < -0.4 is 14.8 Å². The van der Waals surface area contributed by atoms with Gasteiger partial charge in [-0.05, 0) is 74.6 Å². The lowest BCUT2D eigenvalue weighted by atomic mass is 9.56. The number of nitrogens with one attached hydrogen (secondary N) is 1. The standard InChI is InChI=1S/C28H35N3O4/c1-16-9-11-31-15-26-14-27(25(4,5)19(26)13-28(16,31)23(33)30(26)6)17-7-8-18-21(20(17)29-22(27)32)34-12-10-24(2,3)35-18/h7-8,10,12,16,19H,9,11,13-15H2,1-6H3,(H,29,32)/t16?,19?,26-,27-,28-/m1/s1. The highest BCUT2D eigenvalue weighted by Gasteiger charge is 2.80. The highest BCUT2D eigenvalue weighted by atomic mass is 16.5. The third-order valence-corrected chi connectivity index (χ3v) is 11.0. The molecular formula is C28H35N3O4. The van der Waals surface area contributed by atoms with Gasteiger partial charge in [0.1, 0.15) is 11.1 Å². The van der Waals surface area contributed by atoms with Crippen LogP contribution in [-0.2, 0) is 15.0 Å². The first-order chi connectivity index (χ1) is 16.4. The molecule has 6 heterocycles. The Morgan fingerprint density at radius 1 is 1.14 bits per heavy atom. The number of rotatable bonds is 0. The summed E-state index contributed by atoms with van der Waals surface area (Å²) in [5.74, 6) is 2.01. The lowest BCUT2D eigenvalue weighted by molar-refractivity contribution is -0.189. The molecule has 2 amide bonds. The molecule has 186 valence electrons. The molecule has 3 spiro atoms.